The number of nitrogens with zero attached hydrogens (tertiary/aromatic N) is 1. The SMILES string of the molecule is CC(C)Sc1ccc(S(C)(=O)=O)cc1C(=O)N1CCc2cc(Cl)ccc2C1. The summed E-state index contributed by atoms with van der Waals surface area (Å²) in [6.07, 6.45) is 1.90. The molecule has 0 N–H and O–H groups in total. The number of halogens is 1. The van der Waals surface area contributed by atoms with Gasteiger partial charge in [0.1, 0.15) is 0 Å². The van der Waals surface area contributed by atoms with Gasteiger partial charge in [-0.3, -0.25) is 4.79 Å². The molecule has 2 aromatic rings. The first-order valence-electron chi connectivity index (χ1n) is 8.72. The highest BCUT2D eigenvalue weighted by molar-refractivity contribution is 8.00. The summed E-state index contributed by atoms with van der Waals surface area (Å²) >= 11 is 7.63. The summed E-state index contributed by atoms with van der Waals surface area (Å²) in [6, 6.07) is 10.6. The van der Waals surface area contributed by atoms with Crippen LogP contribution in [0.15, 0.2) is 46.2 Å². The molecule has 27 heavy (non-hydrogen) atoms. The average molecular weight is 424 g/mol. The molecule has 7 heteroatoms. The molecular formula is C20H22ClNO3S2. The van der Waals surface area contributed by atoms with E-state index in [1.54, 1.807) is 28.8 Å². The van der Waals surface area contributed by atoms with Gasteiger partial charge in [0.05, 0.1) is 10.5 Å². The minimum atomic E-state index is -3.38. The molecule has 1 aliphatic rings. The van der Waals surface area contributed by atoms with Crippen LogP contribution in [0.5, 0.6) is 0 Å². The number of benzene rings is 2. The summed E-state index contributed by atoms with van der Waals surface area (Å²) in [4.78, 5) is 16.0. The molecule has 4 nitrogen and oxygen atoms in total. The predicted molar refractivity (Wildman–Crippen MR) is 110 cm³/mol. The van der Waals surface area contributed by atoms with Crippen LogP contribution in [0, 0.1) is 0 Å². The minimum Gasteiger partial charge on any atom is -0.334 e. The molecule has 0 spiro atoms. The molecular weight excluding hydrogens is 402 g/mol. The molecule has 0 aromatic heterocycles. The van der Waals surface area contributed by atoms with Crippen molar-refractivity contribution in [2.45, 2.75) is 41.9 Å². The van der Waals surface area contributed by atoms with Crippen LogP contribution in [-0.4, -0.2) is 37.3 Å². The molecule has 0 unspecified atom stereocenters. The standard InChI is InChI=1S/C20H22ClNO3S2/c1-13(2)26-19-7-6-17(27(3,24)25)11-18(19)20(23)22-9-8-14-10-16(21)5-4-15(14)12-22/h4-7,10-11,13H,8-9,12H2,1-3H3. The van der Waals surface area contributed by atoms with Crippen LogP contribution >= 0.6 is 23.4 Å². The van der Waals surface area contributed by atoms with Crippen molar-refractivity contribution in [1.29, 1.82) is 0 Å². The molecule has 1 aliphatic heterocycles. The highest BCUT2D eigenvalue weighted by atomic mass is 35.5. The molecule has 3 rings (SSSR count). The van der Waals surface area contributed by atoms with Gasteiger partial charge in [0.25, 0.3) is 5.91 Å². The van der Waals surface area contributed by atoms with Gasteiger partial charge in [-0.05, 0) is 47.9 Å². The van der Waals surface area contributed by atoms with Gasteiger partial charge in [0.15, 0.2) is 9.84 Å². The normalized spacial score (nSPS) is 14.3. The molecule has 0 saturated carbocycles. The summed E-state index contributed by atoms with van der Waals surface area (Å²) in [5.74, 6) is -0.135. The number of amides is 1. The Morgan fingerprint density at radius 3 is 2.56 bits per heavy atom. The van der Waals surface area contributed by atoms with Crippen molar-refractivity contribution >= 4 is 39.1 Å². The minimum absolute atomic E-state index is 0.135. The Bertz CT molecular complexity index is 987. The molecule has 1 amide bonds. The predicted octanol–water partition coefficient (Wildman–Crippen LogP) is 4.44. The molecule has 0 bridgehead atoms. The van der Waals surface area contributed by atoms with E-state index in [0.29, 0.717) is 23.7 Å². The first-order valence-corrected chi connectivity index (χ1v) is 11.9. The fourth-order valence-electron chi connectivity index (χ4n) is 3.13. The molecule has 0 saturated heterocycles. The topological polar surface area (TPSA) is 54.5 Å². The van der Waals surface area contributed by atoms with E-state index in [0.717, 1.165) is 28.7 Å². The average Bonchev–Trinajstić information content (AvgIpc) is 2.59. The van der Waals surface area contributed by atoms with Crippen LogP contribution in [0.25, 0.3) is 0 Å². The first-order chi connectivity index (χ1) is 12.6. The van der Waals surface area contributed by atoms with E-state index >= 15 is 0 Å². The molecule has 1 heterocycles. The number of carbonyl (C=O) groups is 1. The third kappa shape index (κ3) is 4.68. The first kappa shape index (κ1) is 20.2. The number of fused-ring (bicyclic) bond motifs is 1. The Labute approximate surface area is 169 Å². The van der Waals surface area contributed by atoms with E-state index in [1.807, 2.05) is 32.0 Å². The number of hydrogen-bond donors (Lipinski definition) is 0. The second-order valence-electron chi connectivity index (χ2n) is 6.99. The van der Waals surface area contributed by atoms with Gasteiger partial charge >= 0.3 is 0 Å². The highest BCUT2D eigenvalue weighted by Crippen LogP contribution is 2.31. The van der Waals surface area contributed by atoms with Crippen molar-refractivity contribution in [3.8, 4) is 0 Å². The van der Waals surface area contributed by atoms with E-state index in [4.69, 9.17) is 11.6 Å². The quantitative estimate of drug-likeness (QED) is 0.682. The smallest absolute Gasteiger partial charge is 0.255 e. The lowest BCUT2D eigenvalue weighted by molar-refractivity contribution is 0.0731. The number of hydrogen-bond acceptors (Lipinski definition) is 4. The summed E-state index contributed by atoms with van der Waals surface area (Å²) < 4.78 is 23.9. The van der Waals surface area contributed by atoms with Crippen LogP contribution in [0.2, 0.25) is 5.02 Å². The van der Waals surface area contributed by atoms with Gasteiger partial charge < -0.3 is 4.90 Å². The summed E-state index contributed by atoms with van der Waals surface area (Å²) in [7, 11) is -3.38. The summed E-state index contributed by atoms with van der Waals surface area (Å²) in [6.45, 7) is 5.18. The monoisotopic (exact) mass is 423 g/mol. The number of thioether (sulfide) groups is 1. The van der Waals surface area contributed by atoms with Crippen LogP contribution in [0.3, 0.4) is 0 Å². The third-order valence-corrected chi connectivity index (χ3v) is 6.87. The Balaban J connectivity index is 1.96. The van der Waals surface area contributed by atoms with Gasteiger partial charge in [-0.1, -0.05) is 31.5 Å². The van der Waals surface area contributed by atoms with E-state index in [9.17, 15) is 13.2 Å². The van der Waals surface area contributed by atoms with Crippen LogP contribution < -0.4 is 0 Å². The van der Waals surface area contributed by atoms with Gasteiger partial charge in [-0.15, -0.1) is 11.8 Å². The van der Waals surface area contributed by atoms with E-state index in [2.05, 4.69) is 0 Å². The van der Waals surface area contributed by atoms with E-state index < -0.39 is 9.84 Å². The maximum Gasteiger partial charge on any atom is 0.255 e. The molecule has 2 aromatic carbocycles. The summed E-state index contributed by atoms with van der Waals surface area (Å²) in [5, 5.41) is 0.981. The summed E-state index contributed by atoms with van der Waals surface area (Å²) in [5.41, 5.74) is 2.69. The largest absolute Gasteiger partial charge is 0.334 e. The molecule has 0 fully saturated rings. The fraction of sp³-hybridized carbons (Fsp3) is 0.350. The molecule has 0 radical (unpaired) electrons. The number of rotatable bonds is 4. The van der Waals surface area contributed by atoms with E-state index in [1.165, 1.54) is 6.07 Å². The Morgan fingerprint density at radius 2 is 1.89 bits per heavy atom. The molecule has 144 valence electrons. The number of carbonyl (C=O) groups excluding carboxylic acids is 1. The van der Waals surface area contributed by atoms with Crippen molar-refractivity contribution in [3.05, 3.63) is 58.1 Å². The van der Waals surface area contributed by atoms with Crippen molar-refractivity contribution in [3.63, 3.8) is 0 Å². The zero-order chi connectivity index (χ0) is 19.8. The zero-order valence-electron chi connectivity index (χ0n) is 15.5. The second kappa shape index (κ2) is 7.86. The highest BCUT2D eigenvalue weighted by Gasteiger charge is 2.25. The maximum atomic E-state index is 13.2. The third-order valence-electron chi connectivity index (χ3n) is 4.44. The maximum absolute atomic E-state index is 13.2. The number of sulfone groups is 1. The Kier molecular flexibility index (Phi) is 5.89. The Morgan fingerprint density at radius 1 is 1.15 bits per heavy atom. The van der Waals surface area contributed by atoms with Crippen molar-refractivity contribution < 1.29 is 13.2 Å². The fourth-order valence-corrected chi connectivity index (χ4v) is 4.90. The van der Waals surface area contributed by atoms with Crippen LogP contribution in [-0.2, 0) is 22.8 Å². The second-order valence-corrected chi connectivity index (χ2v) is 11.1. The lowest BCUT2D eigenvalue weighted by Gasteiger charge is -2.30. The van der Waals surface area contributed by atoms with Gasteiger partial charge in [-0.2, -0.15) is 0 Å². The van der Waals surface area contributed by atoms with Crippen molar-refractivity contribution in [2.24, 2.45) is 0 Å². The van der Waals surface area contributed by atoms with Gasteiger partial charge in [0.2, 0.25) is 0 Å². The lowest BCUT2D eigenvalue weighted by Crippen LogP contribution is -2.36. The van der Waals surface area contributed by atoms with Crippen LogP contribution in [0.4, 0.5) is 0 Å². The van der Waals surface area contributed by atoms with Gasteiger partial charge in [-0.25, -0.2) is 8.42 Å². The van der Waals surface area contributed by atoms with Gasteiger partial charge in [0, 0.05) is 34.5 Å². The molecule has 0 aliphatic carbocycles. The van der Waals surface area contributed by atoms with Crippen molar-refractivity contribution in [2.75, 3.05) is 12.8 Å². The Hall–Kier alpha value is -1.50. The van der Waals surface area contributed by atoms with Crippen molar-refractivity contribution in [1.82, 2.24) is 4.90 Å². The van der Waals surface area contributed by atoms with Crippen LogP contribution in [0.1, 0.15) is 35.3 Å². The van der Waals surface area contributed by atoms with E-state index in [-0.39, 0.29) is 16.1 Å². The zero-order valence-corrected chi connectivity index (χ0v) is 17.9. The lowest BCUT2D eigenvalue weighted by atomic mass is 9.99. The molecule has 0 atom stereocenters.